The average molecular weight is 365 g/mol. The number of carbonyl (C=O) groups excluding carboxylic acids is 1. The number of alkyl halides is 2. The minimum absolute atomic E-state index is 0.111. The monoisotopic (exact) mass is 365 g/mol. The van der Waals surface area contributed by atoms with Crippen LogP contribution in [-0.4, -0.2) is 17.1 Å². The molecule has 27 heavy (non-hydrogen) atoms. The molecule has 4 nitrogen and oxygen atoms in total. The minimum Gasteiger partial charge on any atom is -0.435 e. The maximum atomic E-state index is 12.3. The first-order chi connectivity index (χ1) is 13.0. The minimum atomic E-state index is -2.85. The normalized spacial score (nSPS) is 11.4. The van der Waals surface area contributed by atoms with E-state index in [4.69, 9.17) is 5.73 Å². The van der Waals surface area contributed by atoms with Crippen molar-refractivity contribution in [1.29, 1.82) is 0 Å². The molecule has 0 unspecified atom stereocenters. The van der Waals surface area contributed by atoms with Crippen molar-refractivity contribution in [2.45, 2.75) is 13.2 Å². The van der Waals surface area contributed by atoms with Crippen molar-refractivity contribution in [3.63, 3.8) is 0 Å². The Kier molecular flexibility index (Phi) is 4.24. The van der Waals surface area contributed by atoms with Gasteiger partial charge in [0.05, 0.1) is 11.0 Å². The molecular weight excluding hydrogens is 350 g/mol. The highest BCUT2D eigenvalue weighted by molar-refractivity contribution is 6.17. The summed E-state index contributed by atoms with van der Waals surface area (Å²) in [6, 6.07) is 20.7. The average Bonchev–Trinajstić information content (AvgIpc) is 2.97. The molecule has 1 amide bonds. The number of carbonyl (C=O) groups is 1. The smallest absolute Gasteiger partial charge is 0.387 e. The van der Waals surface area contributed by atoms with Crippen molar-refractivity contribution in [2.75, 3.05) is 0 Å². The molecule has 4 aromatic rings. The summed E-state index contributed by atoms with van der Waals surface area (Å²) in [5.41, 5.74) is 8.67. The summed E-state index contributed by atoms with van der Waals surface area (Å²) in [7, 11) is 0. The summed E-state index contributed by atoms with van der Waals surface area (Å²) >= 11 is 0. The third kappa shape index (κ3) is 3.10. The molecule has 1 aromatic heterocycles. The molecule has 1 heterocycles. The number of aromatic nitrogens is 1. The van der Waals surface area contributed by atoms with Crippen molar-refractivity contribution in [3.05, 3.63) is 77.9 Å². The summed E-state index contributed by atoms with van der Waals surface area (Å²) in [4.78, 5) is 11.9. The van der Waals surface area contributed by atoms with E-state index in [0.717, 1.165) is 27.4 Å². The number of amides is 1. The van der Waals surface area contributed by atoms with Gasteiger partial charge in [-0.2, -0.15) is 8.78 Å². The van der Waals surface area contributed by atoms with E-state index in [1.54, 1.807) is 30.3 Å². The summed E-state index contributed by atoms with van der Waals surface area (Å²) in [5.74, 6) is -0.384. The van der Waals surface area contributed by atoms with Gasteiger partial charge in [0.1, 0.15) is 5.75 Å². The van der Waals surface area contributed by atoms with Gasteiger partial charge in [-0.3, -0.25) is 4.79 Å². The second-order valence-electron chi connectivity index (χ2n) is 6.10. The molecule has 2 N–H and O–H groups in total. The van der Waals surface area contributed by atoms with Gasteiger partial charge in [0.2, 0.25) is 5.91 Å². The molecule has 0 spiro atoms. The number of hydrogen-bond acceptors (Lipinski definition) is 2. The molecule has 6 heteroatoms. The summed E-state index contributed by atoms with van der Waals surface area (Å²) in [6.07, 6.45) is 0. The lowest BCUT2D eigenvalue weighted by Crippen LogP contribution is -2.11. The van der Waals surface area contributed by atoms with E-state index >= 15 is 0 Å². The predicted octanol–water partition coefficient (Wildman–Crippen LogP) is 4.34. The van der Waals surface area contributed by atoms with Gasteiger partial charge in [0.15, 0.2) is 0 Å². The molecule has 0 aliphatic carbocycles. The number of ether oxygens (including phenoxy) is 1. The van der Waals surface area contributed by atoms with E-state index in [1.165, 1.54) is 12.1 Å². The molecule has 0 saturated carbocycles. The molecule has 4 rings (SSSR count). The Balaban J connectivity index is 1.83. The van der Waals surface area contributed by atoms with E-state index < -0.39 is 12.5 Å². The molecule has 1 radical (unpaired) electrons. The Labute approximate surface area is 153 Å². The van der Waals surface area contributed by atoms with Crippen LogP contribution in [0.25, 0.3) is 21.8 Å². The summed E-state index contributed by atoms with van der Waals surface area (Å²) < 4.78 is 31.1. The molecule has 135 valence electrons. The van der Waals surface area contributed by atoms with Crippen LogP contribution in [0.15, 0.2) is 60.7 Å². The van der Waals surface area contributed by atoms with E-state index in [0.29, 0.717) is 12.1 Å². The van der Waals surface area contributed by atoms with Crippen molar-refractivity contribution >= 4 is 27.7 Å². The van der Waals surface area contributed by atoms with E-state index in [-0.39, 0.29) is 5.75 Å². The van der Waals surface area contributed by atoms with Crippen molar-refractivity contribution in [2.24, 2.45) is 5.73 Å². The molecule has 0 aliphatic heterocycles. The van der Waals surface area contributed by atoms with Crippen LogP contribution < -0.4 is 10.5 Å². The topological polar surface area (TPSA) is 57.2 Å². The fraction of sp³-hybridized carbons (Fsp3) is 0.0952. The Morgan fingerprint density at radius 3 is 2.52 bits per heavy atom. The van der Waals surface area contributed by atoms with E-state index in [2.05, 4.69) is 15.4 Å². The van der Waals surface area contributed by atoms with Gasteiger partial charge in [-0.15, -0.1) is 0 Å². The SMILES string of the molecule is NC(=O)c1cccc2c1c1[c]cccc1n2Cc1ccc(OC(F)F)cc1. The molecule has 0 atom stereocenters. The van der Waals surface area contributed by atoms with Crippen molar-refractivity contribution < 1.29 is 18.3 Å². The molecule has 0 bridgehead atoms. The highest BCUT2D eigenvalue weighted by Gasteiger charge is 2.16. The summed E-state index contributed by atoms with van der Waals surface area (Å²) in [5, 5.41) is 1.58. The maximum Gasteiger partial charge on any atom is 0.387 e. The van der Waals surface area contributed by atoms with E-state index in [1.807, 2.05) is 18.2 Å². The Hall–Kier alpha value is -3.41. The number of nitrogens with zero attached hydrogens (tertiary/aromatic N) is 1. The molecule has 0 aliphatic rings. The number of nitrogens with two attached hydrogens (primary N) is 1. The largest absolute Gasteiger partial charge is 0.435 e. The standard InChI is InChI=1S/C21H15F2N2O2/c22-21(23)27-14-10-8-13(9-11-14)12-25-17-6-2-1-4-15(17)19-16(20(24)26)5-3-7-18(19)25/h1-3,5-11,21H,12H2,(H2,24,26). The first-order valence-corrected chi connectivity index (χ1v) is 8.30. The fourth-order valence-corrected chi connectivity index (χ4v) is 3.35. The third-order valence-corrected chi connectivity index (χ3v) is 4.46. The Morgan fingerprint density at radius 2 is 1.81 bits per heavy atom. The number of fused-ring (bicyclic) bond motifs is 3. The lowest BCUT2D eigenvalue weighted by molar-refractivity contribution is -0.0498. The van der Waals surface area contributed by atoms with Crippen LogP contribution in [0.2, 0.25) is 0 Å². The number of rotatable bonds is 5. The number of benzene rings is 3. The van der Waals surface area contributed by atoms with Crippen LogP contribution in [0.5, 0.6) is 5.75 Å². The van der Waals surface area contributed by atoms with E-state index in [9.17, 15) is 13.6 Å². The van der Waals surface area contributed by atoms with Gasteiger partial charge in [-0.25, -0.2) is 0 Å². The van der Waals surface area contributed by atoms with Gasteiger partial charge in [-0.05, 0) is 42.0 Å². The lowest BCUT2D eigenvalue weighted by Gasteiger charge is -2.09. The molecule has 0 fully saturated rings. The van der Waals surface area contributed by atoms with Gasteiger partial charge in [0.25, 0.3) is 0 Å². The highest BCUT2D eigenvalue weighted by atomic mass is 19.3. The zero-order valence-corrected chi connectivity index (χ0v) is 14.2. The highest BCUT2D eigenvalue weighted by Crippen LogP contribution is 2.32. The Bertz CT molecular complexity index is 1130. The van der Waals surface area contributed by atoms with Crippen molar-refractivity contribution in [1.82, 2.24) is 4.57 Å². The zero-order valence-electron chi connectivity index (χ0n) is 14.2. The maximum absolute atomic E-state index is 12.3. The van der Waals surface area contributed by atoms with Gasteiger partial charge < -0.3 is 15.0 Å². The van der Waals surface area contributed by atoms with Gasteiger partial charge in [-0.1, -0.05) is 30.3 Å². The molecule has 3 aromatic carbocycles. The van der Waals surface area contributed by atoms with Crippen LogP contribution in [0.4, 0.5) is 8.78 Å². The molecule has 0 saturated heterocycles. The van der Waals surface area contributed by atoms with Crippen LogP contribution in [-0.2, 0) is 6.54 Å². The van der Waals surface area contributed by atoms with Crippen LogP contribution in [0.3, 0.4) is 0 Å². The first-order valence-electron chi connectivity index (χ1n) is 8.30. The number of hydrogen-bond donors (Lipinski definition) is 1. The van der Waals surface area contributed by atoms with Crippen LogP contribution in [0, 0.1) is 6.07 Å². The summed E-state index contributed by atoms with van der Waals surface area (Å²) in [6.45, 7) is -2.36. The second kappa shape index (κ2) is 6.72. The van der Waals surface area contributed by atoms with Gasteiger partial charge in [0, 0.05) is 22.9 Å². The second-order valence-corrected chi connectivity index (χ2v) is 6.10. The predicted molar refractivity (Wildman–Crippen MR) is 99.0 cm³/mol. The first kappa shape index (κ1) is 17.0. The van der Waals surface area contributed by atoms with Crippen LogP contribution in [0.1, 0.15) is 15.9 Å². The lowest BCUT2D eigenvalue weighted by atomic mass is 10.1. The fourth-order valence-electron chi connectivity index (χ4n) is 3.35. The quantitative estimate of drug-likeness (QED) is 0.572. The van der Waals surface area contributed by atoms with Gasteiger partial charge >= 0.3 is 6.61 Å². The number of halogens is 2. The third-order valence-electron chi connectivity index (χ3n) is 4.46. The molecular formula is C21H15F2N2O2. The number of primary amides is 1. The zero-order chi connectivity index (χ0) is 19.0. The Morgan fingerprint density at radius 1 is 1.07 bits per heavy atom. The van der Waals surface area contributed by atoms with Crippen molar-refractivity contribution in [3.8, 4) is 5.75 Å². The van der Waals surface area contributed by atoms with Crippen LogP contribution >= 0.6 is 0 Å².